The van der Waals surface area contributed by atoms with Crippen molar-refractivity contribution in [2.45, 2.75) is 77.4 Å². The number of halogens is 2. The number of ether oxygens (including phenoxy) is 5. The average Bonchev–Trinajstić information content (AvgIpc) is 3.21. The molecular formula is C50H52F2O5. The fourth-order valence-electron chi connectivity index (χ4n) is 6.98. The van der Waals surface area contributed by atoms with Gasteiger partial charge in [0.1, 0.15) is 23.0 Å². The number of hydrogen-bond acceptors (Lipinski definition) is 5. The van der Waals surface area contributed by atoms with Gasteiger partial charge < -0.3 is 23.7 Å². The van der Waals surface area contributed by atoms with E-state index in [0.29, 0.717) is 37.6 Å². The van der Waals surface area contributed by atoms with Crippen molar-refractivity contribution in [3.63, 3.8) is 0 Å². The summed E-state index contributed by atoms with van der Waals surface area (Å²) in [4.78, 5) is 0. The summed E-state index contributed by atoms with van der Waals surface area (Å²) in [5, 5.41) is 0. The maximum absolute atomic E-state index is 15.3. The number of hydrogen-bond donors (Lipinski definition) is 0. The third-order valence-corrected chi connectivity index (χ3v) is 10.5. The minimum Gasteiger partial charge on any atom is -0.494 e. The molecule has 6 aromatic rings. The molecule has 0 spiro atoms. The Morgan fingerprint density at radius 2 is 0.825 bits per heavy atom. The van der Waals surface area contributed by atoms with E-state index >= 15 is 8.78 Å². The minimum atomic E-state index is -0.558. The second kappa shape index (κ2) is 18.5. The molecule has 2 unspecified atom stereocenters. The summed E-state index contributed by atoms with van der Waals surface area (Å²) < 4.78 is 61.6. The highest BCUT2D eigenvalue weighted by Crippen LogP contribution is 2.40. The standard InChI is InChI=1S/C50H52F2O5/c1-7-53-39-25-21-37(22-26-39)49(3,4)47(33-35-19-29-43(51)45(31-35)55-41-15-11-9-12-16-41)57-48(50(5,6)38-23-27-40(28-24-38)54-8-2)34-36-20-30-44(52)46(32-36)56-42-17-13-10-14-18-42/h9-32,47-48H,7-8,33-34H2,1-6H3. The van der Waals surface area contributed by atoms with E-state index in [1.165, 1.54) is 12.1 Å². The van der Waals surface area contributed by atoms with Crippen LogP contribution in [0.25, 0.3) is 0 Å². The molecule has 0 aromatic heterocycles. The summed E-state index contributed by atoms with van der Waals surface area (Å²) in [6.45, 7) is 13.7. The van der Waals surface area contributed by atoms with E-state index in [9.17, 15) is 0 Å². The molecule has 0 radical (unpaired) electrons. The summed E-state index contributed by atoms with van der Waals surface area (Å²) in [5.41, 5.74) is 2.69. The van der Waals surface area contributed by atoms with Crippen molar-refractivity contribution in [2.24, 2.45) is 0 Å². The van der Waals surface area contributed by atoms with Crippen LogP contribution in [0.4, 0.5) is 8.78 Å². The molecule has 6 rings (SSSR count). The lowest BCUT2D eigenvalue weighted by Crippen LogP contribution is -2.46. The van der Waals surface area contributed by atoms with Gasteiger partial charge in [0, 0.05) is 10.8 Å². The van der Waals surface area contributed by atoms with Crippen LogP contribution < -0.4 is 18.9 Å². The van der Waals surface area contributed by atoms with Crippen LogP contribution in [0.3, 0.4) is 0 Å². The monoisotopic (exact) mass is 770 g/mol. The highest BCUT2D eigenvalue weighted by atomic mass is 19.1. The van der Waals surface area contributed by atoms with Gasteiger partial charge >= 0.3 is 0 Å². The van der Waals surface area contributed by atoms with Crippen molar-refractivity contribution >= 4 is 0 Å². The second-order valence-electron chi connectivity index (χ2n) is 15.2. The Labute approximate surface area is 336 Å². The van der Waals surface area contributed by atoms with Gasteiger partial charge in [0.25, 0.3) is 0 Å². The molecule has 0 bridgehead atoms. The maximum Gasteiger partial charge on any atom is 0.165 e. The van der Waals surface area contributed by atoms with Crippen molar-refractivity contribution in [1.82, 2.24) is 0 Å². The highest BCUT2D eigenvalue weighted by Gasteiger charge is 2.40. The SMILES string of the molecule is CCOc1ccc(C(C)(C)C(Cc2ccc(F)c(Oc3ccccc3)c2)OC(Cc2ccc(F)c(Oc3ccccc3)c2)C(C)(C)c2ccc(OCC)cc2)cc1. The molecule has 5 nitrogen and oxygen atoms in total. The van der Waals surface area contributed by atoms with Crippen LogP contribution in [0.15, 0.2) is 146 Å². The van der Waals surface area contributed by atoms with Crippen LogP contribution >= 0.6 is 0 Å². The van der Waals surface area contributed by atoms with Gasteiger partial charge in [-0.2, -0.15) is 0 Å². The third-order valence-electron chi connectivity index (χ3n) is 10.5. The van der Waals surface area contributed by atoms with Crippen LogP contribution in [0.5, 0.6) is 34.5 Å². The molecule has 0 aliphatic carbocycles. The molecule has 0 heterocycles. The lowest BCUT2D eigenvalue weighted by Gasteiger charge is -2.43. The molecule has 0 aliphatic heterocycles. The van der Waals surface area contributed by atoms with E-state index in [1.54, 1.807) is 48.5 Å². The lowest BCUT2D eigenvalue weighted by molar-refractivity contribution is -0.0753. The Kier molecular flexibility index (Phi) is 13.3. The molecule has 57 heavy (non-hydrogen) atoms. The van der Waals surface area contributed by atoms with Gasteiger partial charge in [-0.25, -0.2) is 8.78 Å². The van der Waals surface area contributed by atoms with Crippen LogP contribution in [-0.2, 0) is 28.4 Å². The smallest absolute Gasteiger partial charge is 0.165 e. The first-order valence-corrected chi connectivity index (χ1v) is 19.6. The van der Waals surface area contributed by atoms with Gasteiger partial charge in [-0.3, -0.25) is 0 Å². The Hall–Kier alpha value is -5.66. The summed E-state index contributed by atoms with van der Waals surface area (Å²) >= 11 is 0. The first kappa shape index (κ1) is 41.0. The van der Waals surface area contributed by atoms with Crippen LogP contribution in [0.1, 0.15) is 63.8 Å². The van der Waals surface area contributed by atoms with E-state index in [4.69, 9.17) is 23.7 Å². The first-order valence-electron chi connectivity index (χ1n) is 19.6. The predicted octanol–water partition coefficient (Wildman–Crippen LogP) is 12.8. The summed E-state index contributed by atoms with van der Waals surface area (Å²) in [6, 6.07) is 44.6. The van der Waals surface area contributed by atoms with E-state index in [0.717, 1.165) is 33.8 Å². The van der Waals surface area contributed by atoms with E-state index in [1.807, 2.05) is 74.5 Å². The molecule has 296 valence electrons. The zero-order chi connectivity index (χ0) is 40.4. The fraction of sp³-hybridized carbons (Fsp3) is 0.280. The van der Waals surface area contributed by atoms with Gasteiger partial charge in [0.2, 0.25) is 0 Å². The Balaban J connectivity index is 1.41. The minimum absolute atomic E-state index is 0.139. The average molecular weight is 771 g/mol. The predicted molar refractivity (Wildman–Crippen MR) is 223 cm³/mol. The van der Waals surface area contributed by atoms with Crippen molar-refractivity contribution in [1.29, 1.82) is 0 Å². The summed E-state index contributed by atoms with van der Waals surface area (Å²) in [5.74, 6) is 2.03. The Morgan fingerprint density at radius 1 is 0.456 bits per heavy atom. The molecule has 0 fully saturated rings. The molecule has 0 N–H and O–H groups in total. The van der Waals surface area contributed by atoms with E-state index in [-0.39, 0.29) is 11.5 Å². The first-order chi connectivity index (χ1) is 27.5. The van der Waals surface area contributed by atoms with Gasteiger partial charge in [-0.05, 0) is 122 Å². The molecule has 0 aliphatic rings. The van der Waals surface area contributed by atoms with Crippen molar-refractivity contribution < 1.29 is 32.5 Å². The van der Waals surface area contributed by atoms with Gasteiger partial charge in [-0.1, -0.05) is 100 Å². The van der Waals surface area contributed by atoms with E-state index < -0.39 is 34.7 Å². The highest BCUT2D eigenvalue weighted by molar-refractivity contribution is 5.40. The summed E-state index contributed by atoms with van der Waals surface area (Å²) in [6.07, 6.45) is 0.0106. The Morgan fingerprint density at radius 3 is 1.18 bits per heavy atom. The maximum atomic E-state index is 15.3. The molecular weight excluding hydrogens is 719 g/mol. The quantitative estimate of drug-likeness (QED) is 0.0871. The lowest BCUT2D eigenvalue weighted by atomic mass is 9.74. The Bertz CT molecular complexity index is 2010. The molecule has 0 amide bonds. The van der Waals surface area contributed by atoms with Gasteiger partial charge in [0.05, 0.1) is 25.4 Å². The molecule has 6 aromatic carbocycles. The molecule has 0 saturated carbocycles. The number of rotatable bonds is 18. The topological polar surface area (TPSA) is 46.2 Å². The van der Waals surface area contributed by atoms with Crippen LogP contribution in [0, 0.1) is 11.6 Å². The van der Waals surface area contributed by atoms with Crippen molar-refractivity contribution in [3.8, 4) is 34.5 Å². The third kappa shape index (κ3) is 10.4. The van der Waals surface area contributed by atoms with Crippen LogP contribution in [0.2, 0.25) is 0 Å². The molecule has 2 atom stereocenters. The largest absolute Gasteiger partial charge is 0.494 e. The normalized spacial score (nSPS) is 12.8. The number of para-hydroxylation sites is 2. The zero-order valence-electron chi connectivity index (χ0n) is 33.6. The van der Waals surface area contributed by atoms with E-state index in [2.05, 4.69) is 52.0 Å². The fourth-order valence-corrected chi connectivity index (χ4v) is 6.98. The number of benzene rings is 6. The molecule has 0 saturated heterocycles. The van der Waals surface area contributed by atoms with Gasteiger partial charge in [-0.15, -0.1) is 0 Å². The molecule has 7 heteroatoms. The van der Waals surface area contributed by atoms with Gasteiger partial charge in [0.15, 0.2) is 23.1 Å². The van der Waals surface area contributed by atoms with Crippen molar-refractivity contribution in [3.05, 3.63) is 179 Å². The second-order valence-corrected chi connectivity index (χ2v) is 15.2. The van der Waals surface area contributed by atoms with Crippen LogP contribution in [-0.4, -0.2) is 25.4 Å². The zero-order valence-corrected chi connectivity index (χ0v) is 33.6. The summed E-state index contributed by atoms with van der Waals surface area (Å²) in [7, 11) is 0. The van der Waals surface area contributed by atoms with Crippen molar-refractivity contribution in [2.75, 3.05) is 13.2 Å².